The van der Waals surface area contributed by atoms with Gasteiger partial charge in [0.05, 0.1) is 17.1 Å². The molecule has 1 fully saturated rings. The van der Waals surface area contributed by atoms with E-state index in [1.165, 1.54) is 5.56 Å². The quantitative estimate of drug-likeness (QED) is 0.598. The first-order valence-electron chi connectivity index (χ1n) is 11.0. The minimum atomic E-state index is -0.581. The van der Waals surface area contributed by atoms with E-state index in [0.717, 1.165) is 55.9 Å². The number of aliphatic hydroxyl groups excluding tert-OH is 1. The lowest BCUT2D eigenvalue weighted by Crippen LogP contribution is -2.38. The molecular weight excluding hydrogens is 374 g/mol. The van der Waals surface area contributed by atoms with Gasteiger partial charge in [-0.25, -0.2) is 4.98 Å². The van der Waals surface area contributed by atoms with Gasteiger partial charge in [0, 0.05) is 25.1 Å². The van der Waals surface area contributed by atoms with E-state index in [2.05, 4.69) is 45.6 Å². The van der Waals surface area contributed by atoms with Crippen molar-refractivity contribution in [3.8, 4) is 0 Å². The van der Waals surface area contributed by atoms with Crippen molar-refractivity contribution in [3.05, 3.63) is 65.5 Å². The lowest BCUT2D eigenvalue weighted by Gasteiger charge is -2.34. The van der Waals surface area contributed by atoms with Crippen LogP contribution >= 0.6 is 0 Å². The zero-order valence-electron chi connectivity index (χ0n) is 17.9. The fourth-order valence-electron chi connectivity index (χ4n) is 4.63. The third-order valence-corrected chi connectivity index (χ3v) is 6.40. The first kappa shape index (κ1) is 20.8. The van der Waals surface area contributed by atoms with Gasteiger partial charge in [0.1, 0.15) is 5.82 Å². The van der Waals surface area contributed by atoms with Crippen molar-refractivity contribution >= 4 is 16.8 Å². The molecule has 0 spiro atoms. The van der Waals surface area contributed by atoms with Gasteiger partial charge < -0.3 is 9.67 Å². The molecule has 1 aliphatic heterocycles. The number of hydrogen-bond acceptors (Lipinski definition) is 4. The summed E-state index contributed by atoms with van der Waals surface area (Å²) in [5.74, 6) is 1.14. The number of carbonyl (C=O) groups is 1. The Morgan fingerprint density at radius 3 is 2.60 bits per heavy atom. The van der Waals surface area contributed by atoms with Gasteiger partial charge in [0.25, 0.3) is 0 Å². The lowest BCUT2D eigenvalue weighted by molar-refractivity contribution is 0.0476. The second-order valence-electron chi connectivity index (χ2n) is 8.40. The zero-order chi connectivity index (χ0) is 21.1. The number of aryl methyl sites for hydroxylation is 2. The highest BCUT2D eigenvalue weighted by Crippen LogP contribution is 2.25. The largest absolute Gasteiger partial charge is 0.392 e. The van der Waals surface area contributed by atoms with Crippen LogP contribution in [0.4, 0.5) is 0 Å². The molecule has 5 nitrogen and oxygen atoms in total. The van der Waals surface area contributed by atoms with Crippen molar-refractivity contribution in [2.75, 3.05) is 13.1 Å². The number of hydrogen-bond donors (Lipinski definition) is 1. The lowest BCUT2D eigenvalue weighted by atomic mass is 9.87. The summed E-state index contributed by atoms with van der Waals surface area (Å²) in [6.07, 6.45) is 1.46. The number of rotatable bonds is 7. The van der Waals surface area contributed by atoms with Crippen LogP contribution in [0.3, 0.4) is 0 Å². The van der Waals surface area contributed by atoms with Crippen LogP contribution in [0.25, 0.3) is 11.0 Å². The number of carbonyl (C=O) groups excluding carboxylic acids is 1. The van der Waals surface area contributed by atoms with Crippen LogP contribution in [0.2, 0.25) is 0 Å². The maximum absolute atomic E-state index is 12.8. The molecule has 4 rings (SSSR count). The summed E-state index contributed by atoms with van der Waals surface area (Å²) < 4.78 is 2.14. The predicted octanol–water partition coefficient (Wildman–Crippen LogP) is 4.21. The Morgan fingerprint density at radius 2 is 1.90 bits per heavy atom. The third-order valence-electron chi connectivity index (χ3n) is 6.40. The van der Waals surface area contributed by atoms with Gasteiger partial charge in [0.15, 0.2) is 5.78 Å². The highest BCUT2D eigenvalue weighted by Gasteiger charge is 2.27. The second-order valence-corrected chi connectivity index (χ2v) is 8.40. The Labute approximate surface area is 178 Å². The molecule has 1 aliphatic rings. The van der Waals surface area contributed by atoms with Crippen molar-refractivity contribution < 1.29 is 9.90 Å². The Morgan fingerprint density at radius 1 is 1.17 bits per heavy atom. The van der Waals surface area contributed by atoms with E-state index >= 15 is 0 Å². The molecule has 0 aliphatic carbocycles. The van der Waals surface area contributed by atoms with Gasteiger partial charge >= 0.3 is 0 Å². The summed E-state index contributed by atoms with van der Waals surface area (Å²) in [6.45, 7) is 7.81. The molecule has 5 heteroatoms. The van der Waals surface area contributed by atoms with Gasteiger partial charge in [-0.3, -0.25) is 9.69 Å². The van der Waals surface area contributed by atoms with Crippen LogP contribution in [0.15, 0.2) is 48.5 Å². The number of nitrogens with zero attached hydrogens (tertiary/aromatic N) is 3. The molecule has 30 heavy (non-hydrogen) atoms. The number of aliphatic hydroxyl groups is 1. The number of ketones is 1. The Balaban J connectivity index is 1.33. The molecule has 158 valence electrons. The zero-order valence-corrected chi connectivity index (χ0v) is 17.9. The number of Topliss-reactive ketones (excluding diaryl/α,β-unsaturated/α-hetero) is 1. The number of aromatic nitrogens is 2. The molecule has 1 saturated heterocycles. The minimum Gasteiger partial charge on any atom is -0.392 e. The Bertz CT molecular complexity index is 1000. The number of fused-ring (bicyclic) bond motifs is 1. The van der Waals surface area contributed by atoms with E-state index in [1.54, 1.807) is 0 Å². The van der Waals surface area contributed by atoms with Crippen molar-refractivity contribution in [1.82, 2.24) is 14.5 Å². The van der Waals surface area contributed by atoms with Crippen LogP contribution in [0.1, 0.15) is 47.9 Å². The first-order valence-corrected chi connectivity index (χ1v) is 11.0. The van der Waals surface area contributed by atoms with E-state index in [1.807, 2.05) is 31.2 Å². The van der Waals surface area contributed by atoms with Gasteiger partial charge in [0.2, 0.25) is 0 Å². The van der Waals surface area contributed by atoms with Crippen molar-refractivity contribution in [2.24, 2.45) is 5.92 Å². The van der Waals surface area contributed by atoms with Crippen molar-refractivity contribution in [3.63, 3.8) is 0 Å². The number of imidazole rings is 1. The molecule has 2 aromatic carbocycles. The maximum Gasteiger partial charge on any atom is 0.165 e. The highest BCUT2D eigenvalue weighted by molar-refractivity contribution is 5.99. The average Bonchev–Trinajstić information content (AvgIpc) is 3.08. The van der Waals surface area contributed by atoms with Crippen LogP contribution < -0.4 is 0 Å². The Hall–Kier alpha value is -2.50. The van der Waals surface area contributed by atoms with Gasteiger partial charge in [-0.1, -0.05) is 30.3 Å². The highest BCUT2D eigenvalue weighted by atomic mass is 16.3. The number of benzene rings is 2. The predicted molar refractivity (Wildman–Crippen MR) is 120 cm³/mol. The summed E-state index contributed by atoms with van der Waals surface area (Å²) in [4.78, 5) is 19.8. The monoisotopic (exact) mass is 405 g/mol. The molecule has 1 N–H and O–H groups in total. The molecule has 0 radical (unpaired) electrons. The molecule has 0 saturated carbocycles. The fourth-order valence-corrected chi connectivity index (χ4v) is 4.63. The van der Waals surface area contributed by atoms with Crippen molar-refractivity contribution in [1.29, 1.82) is 0 Å². The topological polar surface area (TPSA) is 58.4 Å². The van der Waals surface area contributed by atoms with E-state index in [0.29, 0.717) is 5.56 Å². The van der Waals surface area contributed by atoms with E-state index < -0.39 is 6.10 Å². The summed E-state index contributed by atoms with van der Waals surface area (Å²) in [7, 11) is 0. The Kier molecular flexibility index (Phi) is 6.30. The molecule has 0 bridgehead atoms. The summed E-state index contributed by atoms with van der Waals surface area (Å²) >= 11 is 0. The van der Waals surface area contributed by atoms with Gasteiger partial charge in [-0.15, -0.1) is 0 Å². The van der Waals surface area contributed by atoms with E-state index in [-0.39, 0.29) is 18.1 Å². The molecular formula is C25H31N3O2. The smallest absolute Gasteiger partial charge is 0.165 e. The molecule has 1 unspecified atom stereocenters. The molecule has 1 atom stereocenters. The fraction of sp³-hybridized carbons (Fsp3) is 0.440. The standard InChI is InChI=1S/C25H31N3O2/c1-3-28-18(2)26-22-15-21(9-10-23(22)28)25(30)16-24(29)20-11-13-27(14-12-20)17-19-7-5-4-6-8-19/h4-10,15,20,24,29H,3,11-14,16-17H2,1-2H3. The average molecular weight is 406 g/mol. The maximum atomic E-state index is 12.8. The summed E-state index contributed by atoms with van der Waals surface area (Å²) in [6, 6.07) is 16.2. The van der Waals surface area contributed by atoms with Crippen LogP contribution in [0.5, 0.6) is 0 Å². The van der Waals surface area contributed by atoms with Crippen molar-refractivity contribution in [2.45, 2.75) is 52.3 Å². The third kappa shape index (κ3) is 4.47. The molecule has 1 aromatic heterocycles. The molecule has 0 amide bonds. The SMILES string of the molecule is CCn1c(C)nc2cc(C(=O)CC(O)C3CCN(Cc4ccccc4)CC3)ccc21. The van der Waals surface area contributed by atoms with E-state index in [4.69, 9.17) is 0 Å². The van der Waals surface area contributed by atoms with E-state index in [9.17, 15) is 9.90 Å². The number of likely N-dealkylation sites (tertiary alicyclic amines) is 1. The molecule has 3 aromatic rings. The van der Waals surface area contributed by atoms with Gasteiger partial charge in [-0.05, 0) is 69.5 Å². The van der Waals surface area contributed by atoms with Crippen LogP contribution in [-0.2, 0) is 13.1 Å². The summed E-state index contributed by atoms with van der Waals surface area (Å²) in [5, 5.41) is 10.7. The number of piperidine rings is 1. The minimum absolute atomic E-state index is 0.000170. The second kappa shape index (κ2) is 9.11. The summed E-state index contributed by atoms with van der Waals surface area (Å²) in [5.41, 5.74) is 3.87. The van der Waals surface area contributed by atoms with Crippen LogP contribution in [-0.4, -0.2) is 44.5 Å². The van der Waals surface area contributed by atoms with Gasteiger partial charge in [-0.2, -0.15) is 0 Å². The first-order chi connectivity index (χ1) is 14.5. The van der Waals surface area contributed by atoms with Crippen LogP contribution in [0, 0.1) is 12.8 Å². The normalized spacial score (nSPS) is 16.8. The molecule has 2 heterocycles.